The fourth-order valence-electron chi connectivity index (χ4n) is 2.94. The molecule has 1 aromatic rings. The van der Waals surface area contributed by atoms with E-state index in [-0.39, 0.29) is 5.91 Å². The van der Waals surface area contributed by atoms with E-state index in [0.29, 0.717) is 18.1 Å². The highest BCUT2D eigenvalue weighted by molar-refractivity contribution is 7.80. The van der Waals surface area contributed by atoms with Gasteiger partial charge >= 0.3 is 0 Å². The second-order valence-corrected chi connectivity index (χ2v) is 5.85. The lowest BCUT2D eigenvalue weighted by Crippen LogP contribution is -2.51. The quantitative estimate of drug-likeness (QED) is 0.848. The van der Waals surface area contributed by atoms with Crippen LogP contribution in [0.15, 0.2) is 22.8 Å². The zero-order valence-electron chi connectivity index (χ0n) is 11.9. The topological polar surface area (TPSA) is 59.5 Å². The number of rotatable bonds is 5. The summed E-state index contributed by atoms with van der Waals surface area (Å²) in [6.07, 6.45) is 6.36. The maximum absolute atomic E-state index is 12.9. The molecule has 0 aliphatic heterocycles. The van der Waals surface area contributed by atoms with Gasteiger partial charge in [-0.2, -0.15) is 0 Å². The first-order chi connectivity index (χ1) is 9.60. The van der Waals surface area contributed by atoms with Crippen LogP contribution in [-0.4, -0.2) is 22.3 Å². The molecule has 1 amide bonds. The monoisotopic (exact) mass is 294 g/mol. The molecule has 0 aromatic carbocycles. The van der Waals surface area contributed by atoms with Crippen molar-refractivity contribution >= 4 is 23.1 Å². The van der Waals surface area contributed by atoms with Crippen molar-refractivity contribution < 1.29 is 9.21 Å². The smallest absolute Gasteiger partial charge is 0.236 e. The zero-order chi connectivity index (χ0) is 14.6. The molecule has 0 atom stereocenters. The van der Waals surface area contributed by atoms with E-state index in [1.807, 2.05) is 19.1 Å². The van der Waals surface area contributed by atoms with Crippen molar-refractivity contribution in [2.45, 2.75) is 45.6 Å². The van der Waals surface area contributed by atoms with Gasteiger partial charge in [0.05, 0.1) is 23.2 Å². The number of nitrogens with zero attached hydrogens (tertiary/aromatic N) is 1. The van der Waals surface area contributed by atoms with Gasteiger partial charge in [0.15, 0.2) is 0 Å². The molecule has 1 aliphatic carbocycles. The summed E-state index contributed by atoms with van der Waals surface area (Å²) in [4.78, 5) is 15.1. The van der Waals surface area contributed by atoms with E-state index in [4.69, 9.17) is 22.4 Å². The number of carbonyl (C=O) groups excluding carboxylic acids is 1. The number of hydrogen-bond donors (Lipinski definition) is 1. The van der Waals surface area contributed by atoms with Gasteiger partial charge in [-0.25, -0.2) is 0 Å². The minimum absolute atomic E-state index is 0.0589. The molecule has 1 aromatic heterocycles. The Hall–Kier alpha value is -1.36. The van der Waals surface area contributed by atoms with Crippen LogP contribution in [0.5, 0.6) is 0 Å². The van der Waals surface area contributed by atoms with Crippen molar-refractivity contribution in [2.24, 2.45) is 11.1 Å². The van der Waals surface area contributed by atoms with Crippen LogP contribution in [0.3, 0.4) is 0 Å². The summed E-state index contributed by atoms with van der Waals surface area (Å²) in [6.45, 7) is 3.08. The lowest BCUT2D eigenvalue weighted by molar-refractivity contribution is -0.140. The molecule has 0 saturated heterocycles. The van der Waals surface area contributed by atoms with Gasteiger partial charge in [-0.15, -0.1) is 0 Å². The number of amides is 1. The average Bonchev–Trinajstić information content (AvgIpc) is 2.97. The fourth-order valence-corrected chi connectivity index (χ4v) is 3.23. The van der Waals surface area contributed by atoms with Gasteiger partial charge in [-0.3, -0.25) is 4.79 Å². The van der Waals surface area contributed by atoms with E-state index in [2.05, 4.69) is 0 Å². The minimum atomic E-state index is -0.643. The summed E-state index contributed by atoms with van der Waals surface area (Å²) < 4.78 is 5.34. The van der Waals surface area contributed by atoms with Crippen molar-refractivity contribution in [1.82, 2.24) is 4.90 Å². The Bertz CT molecular complexity index is 464. The number of nitrogens with two attached hydrogens (primary N) is 1. The molecule has 2 rings (SSSR count). The van der Waals surface area contributed by atoms with Crippen molar-refractivity contribution in [3.05, 3.63) is 24.2 Å². The molecule has 2 N–H and O–H groups in total. The molecule has 0 unspecified atom stereocenters. The molecule has 1 saturated carbocycles. The van der Waals surface area contributed by atoms with Crippen LogP contribution in [-0.2, 0) is 11.3 Å². The highest BCUT2D eigenvalue weighted by Gasteiger charge is 2.44. The highest BCUT2D eigenvalue weighted by atomic mass is 32.1. The van der Waals surface area contributed by atoms with Crippen LogP contribution in [0.1, 0.15) is 44.8 Å². The summed E-state index contributed by atoms with van der Waals surface area (Å²) in [6, 6.07) is 3.71. The Morgan fingerprint density at radius 2 is 2.15 bits per heavy atom. The summed E-state index contributed by atoms with van der Waals surface area (Å²) >= 11 is 5.23. The zero-order valence-corrected chi connectivity index (χ0v) is 12.7. The summed E-state index contributed by atoms with van der Waals surface area (Å²) in [5.74, 6) is 0.845. The van der Waals surface area contributed by atoms with Gasteiger partial charge in [-0.1, -0.05) is 31.5 Å². The van der Waals surface area contributed by atoms with Gasteiger partial charge in [0.2, 0.25) is 5.91 Å². The summed E-state index contributed by atoms with van der Waals surface area (Å²) in [5.41, 5.74) is 5.29. The molecule has 5 heteroatoms. The Morgan fingerprint density at radius 3 is 2.65 bits per heavy atom. The van der Waals surface area contributed by atoms with E-state index in [0.717, 1.165) is 37.9 Å². The Morgan fingerprint density at radius 1 is 1.45 bits per heavy atom. The van der Waals surface area contributed by atoms with Crippen molar-refractivity contribution in [2.75, 3.05) is 6.54 Å². The molecule has 0 bridgehead atoms. The number of carbonyl (C=O) groups is 1. The van der Waals surface area contributed by atoms with Crippen molar-refractivity contribution in [3.63, 3.8) is 0 Å². The average molecular weight is 294 g/mol. The molecule has 4 nitrogen and oxygen atoms in total. The molecule has 1 heterocycles. The van der Waals surface area contributed by atoms with Crippen LogP contribution in [0, 0.1) is 5.41 Å². The van der Waals surface area contributed by atoms with E-state index >= 15 is 0 Å². The van der Waals surface area contributed by atoms with Crippen molar-refractivity contribution in [1.29, 1.82) is 0 Å². The lowest BCUT2D eigenvalue weighted by Gasteiger charge is -2.38. The van der Waals surface area contributed by atoms with E-state index in [1.54, 1.807) is 11.2 Å². The van der Waals surface area contributed by atoms with Gasteiger partial charge in [-0.05, 0) is 31.9 Å². The van der Waals surface area contributed by atoms with E-state index in [1.165, 1.54) is 0 Å². The molecule has 110 valence electrons. The largest absolute Gasteiger partial charge is 0.467 e. The molecule has 1 fully saturated rings. The van der Waals surface area contributed by atoms with Gasteiger partial charge < -0.3 is 15.1 Å². The van der Waals surface area contributed by atoms with Crippen molar-refractivity contribution in [3.8, 4) is 0 Å². The molecule has 0 radical (unpaired) electrons. The second-order valence-electron chi connectivity index (χ2n) is 5.41. The van der Waals surface area contributed by atoms with Gasteiger partial charge in [0.25, 0.3) is 0 Å². The van der Waals surface area contributed by atoms with Crippen LogP contribution in [0.25, 0.3) is 0 Å². The predicted molar refractivity (Wildman–Crippen MR) is 82.1 cm³/mol. The number of hydrogen-bond acceptors (Lipinski definition) is 3. The maximum Gasteiger partial charge on any atom is 0.236 e. The number of thiocarbonyl (C=S) groups is 1. The molecular formula is C15H22N2O2S. The van der Waals surface area contributed by atoms with E-state index < -0.39 is 5.41 Å². The first kappa shape index (κ1) is 15.0. The Balaban J connectivity index is 2.18. The van der Waals surface area contributed by atoms with E-state index in [9.17, 15) is 4.79 Å². The van der Waals surface area contributed by atoms with Crippen LogP contribution in [0.4, 0.5) is 0 Å². The first-order valence-electron chi connectivity index (χ1n) is 7.22. The minimum Gasteiger partial charge on any atom is -0.467 e. The molecule has 20 heavy (non-hydrogen) atoms. The second kappa shape index (κ2) is 6.39. The molecule has 0 spiro atoms. The third kappa shape index (κ3) is 2.87. The molecular weight excluding hydrogens is 272 g/mol. The normalized spacial score (nSPS) is 17.6. The van der Waals surface area contributed by atoms with Gasteiger partial charge in [0, 0.05) is 6.54 Å². The molecule has 1 aliphatic rings. The maximum atomic E-state index is 12.9. The lowest BCUT2D eigenvalue weighted by atomic mass is 9.73. The fraction of sp³-hybridized carbons (Fsp3) is 0.600. The Kier molecular flexibility index (Phi) is 4.81. The van der Waals surface area contributed by atoms with Gasteiger partial charge in [0.1, 0.15) is 5.76 Å². The SMILES string of the molecule is CCN(Cc1ccco1)C(=O)C1(C(N)=S)CCCCC1. The van der Waals surface area contributed by atoms with Crippen LogP contribution >= 0.6 is 12.2 Å². The highest BCUT2D eigenvalue weighted by Crippen LogP contribution is 2.38. The Labute approximate surface area is 125 Å². The third-order valence-electron chi connectivity index (χ3n) is 4.18. The first-order valence-corrected chi connectivity index (χ1v) is 7.62. The standard InChI is InChI=1S/C15H22N2O2S/c1-2-17(11-12-7-6-10-19-12)14(18)15(13(16)20)8-4-3-5-9-15/h6-7,10H,2-5,8-9,11H2,1H3,(H2,16,20). The number of furan rings is 1. The summed E-state index contributed by atoms with van der Waals surface area (Å²) in [7, 11) is 0. The third-order valence-corrected chi connectivity index (χ3v) is 4.57. The summed E-state index contributed by atoms with van der Waals surface area (Å²) in [5, 5.41) is 0. The van der Waals surface area contributed by atoms with Crippen LogP contribution in [0.2, 0.25) is 0 Å². The predicted octanol–water partition coefficient (Wildman–Crippen LogP) is 2.86. The van der Waals surface area contributed by atoms with Crippen LogP contribution < -0.4 is 5.73 Å².